The lowest BCUT2D eigenvalue weighted by Gasteiger charge is -2.32. The molecule has 0 spiro atoms. The molecule has 1 aromatic heterocycles. The fraction of sp³-hybridized carbons (Fsp3) is 0.750. The number of aryl methyl sites for hydroxylation is 1. The summed E-state index contributed by atoms with van der Waals surface area (Å²) in [6.07, 6.45) is 4.50. The number of anilines is 2. The van der Waals surface area contributed by atoms with E-state index in [0.29, 0.717) is 6.04 Å². The molecule has 21 heavy (non-hydrogen) atoms. The molecular formula is C16H29N5. The Labute approximate surface area is 128 Å². The highest BCUT2D eigenvalue weighted by Crippen LogP contribution is 2.18. The monoisotopic (exact) mass is 291 g/mol. The van der Waals surface area contributed by atoms with Crippen molar-refractivity contribution in [1.29, 1.82) is 0 Å². The number of nitrogens with zero attached hydrogens (tertiary/aromatic N) is 3. The Morgan fingerprint density at radius 2 is 1.86 bits per heavy atom. The second-order valence-corrected chi connectivity index (χ2v) is 5.70. The molecule has 0 amide bonds. The summed E-state index contributed by atoms with van der Waals surface area (Å²) < 4.78 is 0. The Hall–Kier alpha value is -1.36. The molecule has 1 aliphatic heterocycles. The van der Waals surface area contributed by atoms with Gasteiger partial charge in [-0.25, -0.2) is 9.97 Å². The molecule has 1 aromatic rings. The van der Waals surface area contributed by atoms with E-state index in [1.807, 2.05) is 6.07 Å². The first-order valence-corrected chi connectivity index (χ1v) is 8.35. The van der Waals surface area contributed by atoms with Crippen LogP contribution in [0.1, 0.15) is 45.9 Å². The van der Waals surface area contributed by atoms with Gasteiger partial charge in [-0.3, -0.25) is 0 Å². The number of nitrogens with one attached hydrogen (secondary N) is 2. The summed E-state index contributed by atoms with van der Waals surface area (Å²) in [4.78, 5) is 11.7. The van der Waals surface area contributed by atoms with Crippen LogP contribution in [0.5, 0.6) is 0 Å². The molecule has 1 aliphatic rings. The maximum absolute atomic E-state index is 4.61. The maximum atomic E-state index is 4.61. The minimum Gasteiger partial charge on any atom is -0.370 e. The highest BCUT2D eigenvalue weighted by molar-refractivity contribution is 5.48. The Kier molecular flexibility index (Phi) is 6.23. The molecule has 0 aromatic carbocycles. The smallest absolute Gasteiger partial charge is 0.132 e. The summed E-state index contributed by atoms with van der Waals surface area (Å²) in [5.74, 6) is 2.79. The third-order valence-electron chi connectivity index (χ3n) is 3.93. The first-order chi connectivity index (χ1) is 10.2. The minimum absolute atomic E-state index is 0.534. The fourth-order valence-corrected chi connectivity index (χ4v) is 2.83. The molecular weight excluding hydrogens is 262 g/mol. The second kappa shape index (κ2) is 8.17. The van der Waals surface area contributed by atoms with Crippen molar-refractivity contribution in [2.24, 2.45) is 0 Å². The van der Waals surface area contributed by atoms with Gasteiger partial charge in [-0.2, -0.15) is 0 Å². The van der Waals surface area contributed by atoms with Crippen LogP contribution in [0.4, 0.5) is 11.6 Å². The van der Waals surface area contributed by atoms with Crippen LogP contribution in [0, 0.1) is 0 Å². The maximum Gasteiger partial charge on any atom is 0.132 e. The van der Waals surface area contributed by atoms with Crippen LogP contribution >= 0.6 is 0 Å². The second-order valence-electron chi connectivity index (χ2n) is 5.70. The number of aromatic nitrogens is 2. The van der Waals surface area contributed by atoms with E-state index in [9.17, 15) is 0 Å². The van der Waals surface area contributed by atoms with Crippen molar-refractivity contribution in [2.45, 2.75) is 52.5 Å². The van der Waals surface area contributed by atoms with Crippen molar-refractivity contribution in [2.75, 3.05) is 36.8 Å². The Balaban J connectivity index is 1.94. The van der Waals surface area contributed by atoms with Gasteiger partial charge >= 0.3 is 0 Å². The number of piperidine rings is 1. The molecule has 1 saturated heterocycles. The van der Waals surface area contributed by atoms with Gasteiger partial charge in [0, 0.05) is 38.2 Å². The molecule has 0 bridgehead atoms. The quantitative estimate of drug-likeness (QED) is 0.809. The molecule has 2 N–H and O–H groups in total. The van der Waals surface area contributed by atoms with Crippen molar-refractivity contribution in [3.63, 3.8) is 0 Å². The first kappa shape index (κ1) is 16.0. The van der Waals surface area contributed by atoms with Gasteiger partial charge in [-0.15, -0.1) is 0 Å². The zero-order valence-corrected chi connectivity index (χ0v) is 13.7. The van der Waals surface area contributed by atoms with Crippen LogP contribution in [0.3, 0.4) is 0 Å². The van der Waals surface area contributed by atoms with Gasteiger partial charge in [-0.1, -0.05) is 13.8 Å². The summed E-state index contributed by atoms with van der Waals surface area (Å²) in [5.41, 5.74) is 0. The average Bonchev–Trinajstić information content (AvgIpc) is 2.49. The molecule has 5 nitrogen and oxygen atoms in total. The molecule has 0 aliphatic carbocycles. The molecule has 1 fully saturated rings. The van der Waals surface area contributed by atoms with Crippen LogP contribution in [0.15, 0.2) is 6.07 Å². The van der Waals surface area contributed by atoms with E-state index in [4.69, 9.17) is 0 Å². The van der Waals surface area contributed by atoms with Crippen LogP contribution in [0.2, 0.25) is 0 Å². The van der Waals surface area contributed by atoms with E-state index >= 15 is 0 Å². The normalized spacial score (nSPS) is 16.9. The van der Waals surface area contributed by atoms with E-state index in [0.717, 1.165) is 30.4 Å². The van der Waals surface area contributed by atoms with Gasteiger partial charge in [-0.05, 0) is 32.7 Å². The summed E-state index contributed by atoms with van der Waals surface area (Å²) in [5, 5.41) is 6.88. The Morgan fingerprint density at radius 3 is 2.48 bits per heavy atom. The van der Waals surface area contributed by atoms with Crippen LogP contribution in [0.25, 0.3) is 0 Å². The third kappa shape index (κ3) is 4.84. The highest BCUT2D eigenvalue weighted by atomic mass is 15.2. The largest absolute Gasteiger partial charge is 0.370 e. The summed E-state index contributed by atoms with van der Waals surface area (Å²) in [6.45, 7) is 10.9. The lowest BCUT2D eigenvalue weighted by atomic mass is 10.0. The predicted octanol–water partition coefficient (Wildman–Crippen LogP) is 2.76. The van der Waals surface area contributed by atoms with Gasteiger partial charge in [0.05, 0.1) is 0 Å². The van der Waals surface area contributed by atoms with Crippen molar-refractivity contribution in [3.8, 4) is 0 Å². The van der Waals surface area contributed by atoms with E-state index in [1.165, 1.54) is 38.9 Å². The van der Waals surface area contributed by atoms with Crippen molar-refractivity contribution < 1.29 is 0 Å². The Bertz CT molecular complexity index is 427. The molecule has 0 radical (unpaired) electrons. The topological polar surface area (TPSA) is 53.1 Å². The SMILES string of the molecule is CCCN1CCC(Nc2cc(NCC)nc(CC)n2)CC1. The number of hydrogen-bond donors (Lipinski definition) is 2. The summed E-state index contributed by atoms with van der Waals surface area (Å²) in [7, 11) is 0. The fourth-order valence-electron chi connectivity index (χ4n) is 2.83. The van der Waals surface area contributed by atoms with Gasteiger partial charge in [0.15, 0.2) is 0 Å². The molecule has 0 unspecified atom stereocenters. The molecule has 5 heteroatoms. The average molecular weight is 291 g/mol. The van der Waals surface area contributed by atoms with E-state index in [1.54, 1.807) is 0 Å². The number of rotatable bonds is 7. The summed E-state index contributed by atoms with van der Waals surface area (Å²) in [6, 6.07) is 2.56. The van der Waals surface area contributed by atoms with Crippen molar-refractivity contribution in [1.82, 2.24) is 14.9 Å². The predicted molar refractivity (Wildman–Crippen MR) is 88.9 cm³/mol. The summed E-state index contributed by atoms with van der Waals surface area (Å²) >= 11 is 0. The van der Waals surface area contributed by atoms with E-state index in [2.05, 4.69) is 46.3 Å². The molecule has 2 rings (SSSR count). The van der Waals surface area contributed by atoms with Crippen molar-refractivity contribution in [3.05, 3.63) is 11.9 Å². The molecule has 2 heterocycles. The highest BCUT2D eigenvalue weighted by Gasteiger charge is 2.19. The van der Waals surface area contributed by atoms with E-state index < -0.39 is 0 Å². The van der Waals surface area contributed by atoms with Gasteiger partial charge in [0.2, 0.25) is 0 Å². The van der Waals surface area contributed by atoms with E-state index in [-0.39, 0.29) is 0 Å². The van der Waals surface area contributed by atoms with Gasteiger partial charge in [0.1, 0.15) is 17.5 Å². The minimum atomic E-state index is 0.534. The molecule has 0 saturated carbocycles. The zero-order valence-electron chi connectivity index (χ0n) is 13.7. The van der Waals surface area contributed by atoms with Crippen molar-refractivity contribution >= 4 is 11.6 Å². The standard InChI is InChI=1S/C16H29N5/c1-4-9-21-10-7-13(8-11-21)18-16-12-15(17-6-3)19-14(5-2)20-16/h12-13H,4-11H2,1-3H3,(H2,17,18,19,20). The lowest BCUT2D eigenvalue weighted by Crippen LogP contribution is -2.39. The van der Waals surface area contributed by atoms with Crippen LogP contribution in [-0.4, -0.2) is 47.1 Å². The lowest BCUT2D eigenvalue weighted by molar-refractivity contribution is 0.219. The van der Waals surface area contributed by atoms with Gasteiger partial charge < -0.3 is 15.5 Å². The third-order valence-corrected chi connectivity index (χ3v) is 3.93. The van der Waals surface area contributed by atoms with Gasteiger partial charge in [0.25, 0.3) is 0 Å². The van der Waals surface area contributed by atoms with Crippen LogP contribution in [-0.2, 0) is 6.42 Å². The Morgan fingerprint density at radius 1 is 1.14 bits per heavy atom. The first-order valence-electron chi connectivity index (χ1n) is 8.35. The molecule has 118 valence electrons. The number of hydrogen-bond acceptors (Lipinski definition) is 5. The molecule has 0 atom stereocenters. The number of likely N-dealkylation sites (tertiary alicyclic amines) is 1. The van der Waals surface area contributed by atoms with Crippen LogP contribution < -0.4 is 10.6 Å². The zero-order chi connectivity index (χ0) is 15.1.